The summed E-state index contributed by atoms with van der Waals surface area (Å²) >= 11 is 0.758. The lowest BCUT2D eigenvalue weighted by molar-refractivity contribution is -0.122. The number of nitrogens with zero attached hydrogens (tertiary/aromatic N) is 4. The van der Waals surface area contributed by atoms with Crippen molar-refractivity contribution >= 4 is 33.3 Å². The van der Waals surface area contributed by atoms with Crippen LogP contribution in [0.25, 0.3) is 16.3 Å². The molecule has 3 aromatic rings. The average molecular weight is 515 g/mol. The molecule has 10 nitrogen and oxygen atoms in total. The van der Waals surface area contributed by atoms with E-state index < -0.39 is 27.0 Å². The van der Waals surface area contributed by atoms with Gasteiger partial charge in [-0.1, -0.05) is 11.3 Å². The van der Waals surface area contributed by atoms with Crippen LogP contribution in [-0.2, 0) is 14.8 Å². The smallest absolute Gasteiger partial charge is 0.291 e. The second-order valence-electron chi connectivity index (χ2n) is 8.51. The Hall–Kier alpha value is -2.55. The van der Waals surface area contributed by atoms with Gasteiger partial charge in [0.2, 0.25) is 10.0 Å². The molecule has 3 N–H and O–H groups in total. The van der Waals surface area contributed by atoms with Gasteiger partial charge in [0.15, 0.2) is 15.8 Å². The van der Waals surface area contributed by atoms with Crippen molar-refractivity contribution in [1.29, 1.82) is 0 Å². The van der Waals surface area contributed by atoms with Crippen LogP contribution < -0.4 is 10.0 Å². The third kappa shape index (κ3) is 5.09. The van der Waals surface area contributed by atoms with Crippen molar-refractivity contribution in [3.8, 4) is 10.8 Å². The van der Waals surface area contributed by atoms with Crippen molar-refractivity contribution in [2.45, 2.75) is 55.4 Å². The second kappa shape index (κ2) is 9.60. The molecule has 2 aliphatic rings. The summed E-state index contributed by atoms with van der Waals surface area (Å²) in [6.45, 7) is 3.32. The Morgan fingerprint density at radius 1 is 1.32 bits per heavy atom. The Balaban J connectivity index is 0.000000868. The molecule has 5 rings (SSSR count). The van der Waals surface area contributed by atoms with Gasteiger partial charge in [-0.2, -0.15) is 0 Å². The van der Waals surface area contributed by atoms with Gasteiger partial charge in [0.05, 0.1) is 16.6 Å². The van der Waals surface area contributed by atoms with E-state index in [1.165, 1.54) is 6.20 Å². The highest BCUT2D eigenvalue weighted by atomic mass is 32.2. The van der Waals surface area contributed by atoms with Gasteiger partial charge in [0.25, 0.3) is 12.9 Å². The third-order valence-corrected chi connectivity index (χ3v) is 8.47. The maximum atomic E-state index is 13.1. The first-order chi connectivity index (χ1) is 16.2. The number of pyridine rings is 1. The van der Waals surface area contributed by atoms with Crippen molar-refractivity contribution in [1.82, 2.24) is 29.6 Å². The highest BCUT2D eigenvalue weighted by molar-refractivity contribution is 7.89. The fourth-order valence-electron chi connectivity index (χ4n) is 3.95. The van der Waals surface area contributed by atoms with Crippen LogP contribution in [0.3, 0.4) is 0 Å². The van der Waals surface area contributed by atoms with Crippen LogP contribution >= 0.6 is 11.3 Å². The van der Waals surface area contributed by atoms with E-state index in [-0.39, 0.29) is 22.3 Å². The summed E-state index contributed by atoms with van der Waals surface area (Å²) < 4.78 is 56.8. The van der Waals surface area contributed by atoms with E-state index in [0.717, 1.165) is 61.2 Å². The maximum absolute atomic E-state index is 13.1. The fraction of sp³-hybridized carbons (Fsp3) is 0.500. The molecule has 0 amide bonds. The number of fused-ring (bicyclic) bond motifs is 1. The predicted molar refractivity (Wildman–Crippen MR) is 121 cm³/mol. The van der Waals surface area contributed by atoms with E-state index in [0.29, 0.717) is 5.82 Å². The Labute approximate surface area is 198 Å². The van der Waals surface area contributed by atoms with Gasteiger partial charge in [-0.05, 0) is 63.2 Å². The molecular formula is C20H24F2N6O4S2. The monoisotopic (exact) mass is 514 g/mol. The van der Waals surface area contributed by atoms with Crippen molar-refractivity contribution in [2.75, 3.05) is 13.1 Å². The molecule has 1 aliphatic carbocycles. The number of carbonyl (C=O) groups is 1. The fourth-order valence-corrected chi connectivity index (χ4v) is 6.14. The number of hydrogen-bond donors (Lipinski definition) is 3. The quantitative estimate of drug-likeness (QED) is 0.427. The molecule has 0 bridgehead atoms. The highest BCUT2D eigenvalue weighted by Crippen LogP contribution is 2.38. The highest BCUT2D eigenvalue weighted by Gasteiger charge is 2.41. The van der Waals surface area contributed by atoms with Crippen LogP contribution in [0.1, 0.15) is 55.5 Å². The van der Waals surface area contributed by atoms with E-state index in [1.54, 1.807) is 16.7 Å². The number of carboxylic acid groups (broad SMARTS) is 1. The molecule has 0 atom stereocenters. The lowest BCUT2D eigenvalue weighted by Crippen LogP contribution is -2.34. The van der Waals surface area contributed by atoms with Gasteiger partial charge >= 0.3 is 0 Å². The summed E-state index contributed by atoms with van der Waals surface area (Å²) in [5, 5.41) is 17.5. The van der Waals surface area contributed by atoms with Crippen molar-refractivity contribution < 1.29 is 27.1 Å². The van der Waals surface area contributed by atoms with E-state index in [9.17, 15) is 17.2 Å². The average Bonchev–Trinajstić information content (AvgIpc) is 3.19. The number of imidazole rings is 1. The van der Waals surface area contributed by atoms with Gasteiger partial charge in [-0.3, -0.25) is 9.20 Å². The molecule has 0 spiro atoms. The number of halogens is 2. The van der Waals surface area contributed by atoms with Crippen LogP contribution in [0, 0.1) is 0 Å². The number of aromatic nitrogens is 4. The normalized spacial score (nSPS) is 18.0. The lowest BCUT2D eigenvalue weighted by atomic mass is 9.90. The largest absolute Gasteiger partial charge is 0.483 e. The zero-order chi connectivity index (χ0) is 24.5. The van der Waals surface area contributed by atoms with Crippen LogP contribution in [0.5, 0.6) is 0 Å². The molecule has 1 saturated heterocycles. The summed E-state index contributed by atoms with van der Waals surface area (Å²) in [5.41, 5.74) is 1.24. The van der Waals surface area contributed by atoms with Gasteiger partial charge < -0.3 is 10.4 Å². The number of alkyl halides is 2. The standard InChI is InChI=1S/C19H22F2N6O2S2.CH2O2/c1-19(4-5-19)26-31(28,29)12-8-13(11-2-6-22-7-3-11)14-9-23-16(27(14)10-12)18-25-24-17(30-18)15(20)21;2-1-3/h8-11,15,22,26H,2-7H2,1H3;1H,(H,2,3). The topological polar surface area (TPSA) is 139 Å². The van der Waals surface area contributed by atoms with Crippen LogP contribution in [0.4, 0.5) is 8.78 Å². The molecule has 1 aliphatic heterocycles. The number of sulfonamides is 1. The minimum absolute atomic E-state index is 0.138. The van der Waals surface area contributed by atoms with Crippen molar-refractivity contribution in [2.24, 2.45) is 0 Å². The first kappa shape index (κ1) is 24.6. The summed E-state index contributed by atoms with van der Waals surface area (Å²) in [7, 11) is -3.76. The minimum atomic E-state index is -3.76. The molecule has 184 valence electrons. The lowest BCUT2D eigenvalue weighted by Gasteiger charge is -2.24. The number of hydrogen-bond acceptors (Lipinski definition) is 8. The summed E-state index contributed by atoms with van der Waals surface area (Å²) in [6, 6.07) is 1.73. The predicted octanol–water partition coefficient (Wildman–Crippen LogP) is 2.79. The summed E-state index contributed by atoms with van der Waals surface area (Å²) in [6.07, 6.45) is 3.78. The molecule has 0 unspecified atom stereocenters. The minimum Gasteiger partial charge on any atom is -0.483 e. The second-order valence-corrected chi connectivity index (χ2v) is 11.2. The molecule has 0 aromatic carbocycles. The van der Waals surface area contributed by atoms with Crippen LogP contribution in [0.2, 0.25) is 0 Å². The van der Waals surface area contributed by atoms with Gasteiger partial charge in [-0.15, -0.1) is 10.2 Å². The van der Waals surface area contributed by atoms with Crippen LogP contribution in [-0.4, -0.2) is 58.2 Å². The zero-order valence-electron chi connectivity index (χ0n) is 18.2. The number of piperidine rings is 1. The molecule has 1 saturated carbocycles. The first-order valence-electron chi connectivity index (χ1n) is 10.6. The molecule has 2 fully saturated rings. The van der Waals surface area contributed by atoms with Gasteiger partial charge in [0, 0.05) is 11.7 Å². The van der Waals surface area contributed by atoms with Crippen molar-refractivity contribution in [3.63, 3.8) is 0 Å². The van der Waals surface area contributed by atoms with Crippen molar-refractivity contribution in [3.05, 3.63) is 29.0 Å². The van der Waals surface area contributed by atoms with E-state index in [1.807, 2.05) is 6.92 Å². The molecule has 3 aromatic heterocycles. The molecule has 34 heavy (non-hydrogen) atoms. The first-order valence-corrected chi connectivity index (χ1v) is 12.9. The van der Waals surface area contributed by atoms with E-state index >= 15 is 0 Å². The molecular weight excluding hydrogens is 490 g/mol. The third-order valence-electron chi connectivity index (χ3n) is 5.94. The number of nitrogens with one attached hydrogen (secondary N) is 2. The Bertz CT molecular complexity index is 1280. The van der Waals surface area contributed by atoms with Crippen LogP contribution in [0.15, 0.2) is 23.4 Å². The Morgan fingerprint density at radius 3 is 2.59 bits per heavy atom. The Morgan fingerprint density at radius 2 is 2.00 bits per heavy atom. The van der Waals surface area contributed by atoms with E-state index in [4.69, 9.17) is 9.90 Å². The molecule has 14 heteroatoms. The SMILES string of the molecule is CC1(NS(=O)(=O)c2cc(C3CCNCC3)c3cnc(-c4nnc(C(F)F)s4)n3c2)CC1.O=CO. The van der Waals surface area contributed by atoms with Gasteiger partial charge in [0.1, 0.15) is 0 Å². The maximum Gasteiger partial charge on any atom is 0.291 e. The zero-order valence-corrected chi connectivity index (χ0v) is 19.9. The summed E-state index contributed by atoms with van der Waals surface area (Å²) in [4.78, 5) is 12.9. The summed E-state index contributed by atoms with van der Waals surface area (Å²) in [5.74, 6) is 0.482. The molecule has 0 radical (unpaired) electrons. The molecule has 4 heterocycles. The van der Waals surface area contributed by atoms with Gasteiger partial charge in [-0.25, -0.2) is 26.9 Å². The Kier molecular flexibility index (Phi) is 6.94. The van der Waals surface area contributed by atoms with E-state index in [2.05, 4.69) is 25.2 Å². The number of rotatable bonds is 6.